The van der Waals surface area contributed by atoms with Crippen LogP contribution in [0.5, 0.6) is 0 Å². The first-order chi connectivity index (χ1) is 21.6. The van der Waals surface area contributed by atoms with Crippen LogP contribution in [-0.4, -0.2) is 32.9 Å². The van der Waals surface area contributed by atoms with Crippen molar-refractivity contribution in [2.75, 3.05) is 11.4 Å². The molecule has 0 unspecified atom stereocenters. The molecule has 0 aliphatic heterocycles. The van der Waals surface area contributed by atoms with Crippen LogP contribution in [-0.2, 0) is 19.5 Å². The Hall–Kier alpha value is -5.59. The highest BCUT2D eigenvalue weighted by atomic mass is 32.1. The second-order valence-electron chi connectivity index (χ2n) is 10.2. The molecule has 2 amide bonds. The maximum atomic E-state index is 13.9. The quantitative estimate of drug-likeness (QED) is 0.202. The molecule has 0 fully saturated rings. The summed E-state index contributed by atoms with van der Waals surface area (Å²) in [5.74, 6) is -0.272. The summed E-state index contributed by atoms with van der Waals surface area (Å²) < 4.78 is 2.96. The third kappa shape index (κ3) is 6.56. The largest absolute Gasteiger partial charge is 0.351 e. The van der Waals surface area contributed by atoms with Crippen LogP contribution in [0, 0.1) is 11.3 Å². The van der Waals surface area contributed by atoms with Crippen molar-refractivity contribution >= 4 is 38.9 Å². The van der Waals surface area contributed by atoms with E-state index >= 15 is 0 Å². The Morgan fingerprint density at radius 3 is 2.55 bits per heavy atom. The molecule has 0 saturated heterocycles. The molecule has 3 heterocycles. The number of hydrogen-bond donors (Lipinski definition) is 1. The highest BCUT2D eigenvalue weighted by Gasteiger charge is 2.21. The first kappa shape index (κ1) is 28.5. The molecular formula is C35H28N6O2S. The molecule has 0 saturated carbocycles. The van der Waals surface area contributed by atoms with Gasteiger partial charge in [-0.3, -0.25) is 14.6 Å². The van der Waals surface area contributed by atoms with Gasteiger partial charge in [-0.15, -0.1) is 11.3 Å². The molecule has 6 aromatic rings. The van der Waals surface area contributed by atoms with Gasteiger partial charge in [-0.25, -0.2) is 4.98 Å². The van der Waals surface area contributed by atoms with Gasteiger partial charge in [0.1, 0.15) is 0 Å². The number of hydrogen-bond acceptors (Lipinski definition) is 6. The van der Waals surface area contributed by atoms with Gasteiger partial charge in [0.25, 0.3) is 11.8 Å². The third-order valence-electron chi connectivity index (χ3n) is 7.25. The number of fused-ring (bicyclic) bond motifs is 1. The van der Waals surface area contributed by atoms with Crippen LogP contribution >= 0.6 is 11.3 Å². The van der Waals surface area contributed by atoms with Crippen molar-refractivity contribution in [2.24, 2.45) is 0 Å². The number of carbonyl (C=O) groups excluding carboxylic acids is 2. The maximum absolute atomic E-state index is 13.9. The molecule has 0 atom stereocenters. The molecule has 44 heavy (non-hydrogen) atoms. The highest BCUT2D eigenvalue weighted by molar-refractivity contribution is 7.20. The summed E-state index contributed by atoms with van der Waals surface area (Å²) in [7, 11) is 0. The van der Waals surface area contributed by atoms with Gasteiger partial charge < -0.3 is 14.8 Å². The van der Waals surface area contributed by atoms with Gasteiger partial charge in [0.05, 0.1) is 35.1 Å². The predicted molar refractivity (Wildman–Crippen MR) is 172 cm³/mol. The van der Waals surface area contributed by atoms with Crippen molar-refractivity contribution in [1.82, 2.24) is 19.9 Å². The number of nitrogens with zero attached hydrogens (tertiary/aromatic N) is 5. The smallest absolute Gasteiger partial charge is 0.261 e. The summed E-state index contributed by atoms with van der Waals surface area (Å²) in [6.07, 6.45) is 5.92. The van der Waals surface area contributed by atoms with Crippen LogP contribution in [0.3, 0.4) is 0 Å². The maximum Gasteiger partial charge on any atom is 0.261 e. The van der Waals surface area contributed by atoms with E-state index in [1.807, 2.05) is 77.4 Å². The molecular weight excluding hydrogens is 568 g/mol. The van der Waals surface area contributed by atoms with Crippen molar-refractivity contribution in [3.05, 3.63) is 149 Å². The second-order valence-corrected chi connectivity index (χ2v) is 11.3. The fourth-order valence-corrected chi connectivity index (χ4v) is 5.89. The number of benzene rings is 3. The lowest BCUT2D eigenvalue weighted by molar-refractivity contribution is 0.0956. The van der Waals surface area contributed by atoms with Gasteiger partial charge in [0.2, 0.25) is 0 Å². The lowest BCUT2D eigenvalue weighted by atomic mass is 10.1. The van der Waals surface area contributed by atoms with E-state index in [9.17, 15) is 9.59 Å². The molecule has 0 bridgehead atoms. The van der Waals surface area contributed by atoms with Crippen molar-refractivity contribution in [2.45, 2.75) is 19.5 Å². The number of nitrogens with one attached hydrogen (secondary N) is 1. The Morgan fingerprint density at radius 2 is 1.77 bits per heavy atom. The average molecular weight is 597 g/mol. The van der Waals surface area contributed by atoms with Gasteiger partial charge in [0, 0.05) is 53.5 Å². The van der Waals surface area contributed by atoms with Crippen LogP contribution in [0.2, 0.25) is 0 Å². The van der Waals surface area contributed by atoms with Crippen molar-refractivity contribution in [3.8, 4) is 6.07 Å². The van der Waals surface area contributed by atoms with E-state index < -0.39 is 0 Å². The fourth-order valence-electron chi connectivity index (χ4n) is 4.93. The molecule has 1 N–H and O–H groups in total. The van der Waals surface area contributed by atoms with Gasteiger partial charge in [-0.05, 0) is 71.6 Å². The number of thiophene rings is 1. The Morgan fingerprint density at radius 1 is 0.955 bits per heavy atom. The summed E-state index contributed by atoms with van der Waals surface area (Å²) in [5.41, 5.74) is 4.71. The molecule has 3 aromatic heterocycles. The highest BCUT2D eigenvalue weighted by Crippen LogP contribution is 2.31. The summed E-state index contributed by atoms with van der Waals surface area (Å²) >= 11 is 1.42. The van der Waals surface area contributed by atoms with E-state index in [-0.39, 0.29) is 11.8 Å². The molecule has 8 nitrogen and oxygen atoms in total. The number of amides is 2. The Kier molecular flexibility index (Phi) is 8.53. The van der Waals surface area contributed by atoms with Crippen LogP contribution in [0.25, 0.3) is 10.1 Å². The fraction of sp³-hybridized carbons (Fsp3) is 0.114. The molecule has 6 rings (SSSR count). The number of imidazole rings is 1. The zero-order valence-electron chi connectivity index (χ0n) is 23.8. The normalized spacial score (nSPS) is 10.8. The van der Waals surface area contributed by atoms with Crippen molar-refractivity contribution in [1.29, 1.82) is 5.26 Å². The zero-order valence-corrected chi connectivity index (χ0v) is 24.6. The topological polar surface area (TPSA) is 104 Å². The van der Waals surface area contributed by atoms with Crippen LogP contribution < -0.4 is 10.2 Å². The van der Waals surface area contributed by atoms with E-state index in [4.69, 9.17) is 5.26 Å². The first-order valence-electron chi connectivity index (χ1n) is 14.1. The zero-order chi connectivity index (χ0) is 30.3. The number of nitriles is 1. The molecule has 0 aliphatic rings. The predicted octanol–water partition coefficient (Wildman–Crippen LogP) is 6.23. The van der Waals surface area contributed by atoms with E-state index in [1.165, 1.54) is 11.3 Å². The minimum absolute atomic E-state index is 0.132. The lowest BCUT2D eigenvalue weighted by Gasteiger charge is -2.24. The van der Waals surface area contributed by atoms with E-state index in [0.717, 1.165) is 32.7 Å². The molecule has 3 aromatic carbocycles. The molecule has 0 aliphatic carbocycles. The minimum atomic E-state index is -0.140. The number of rotatable bonds is 10. The molecule has 9 heteroatoms. The summed E-state index contributed by atoms with van der Waals surface area (Å²) in [4.78, 5) is 37.9. The summed E-state index contributed by atoms with van der Waals surface area (Å²) in [5, 5.41) is 13.0. The van der Waals surface area contributed by atoms with Crippen molar-refractivity contribution in [3.63, 3.8) is 0 Å². The standard InChI is InChI=1S/C35H28N6O2S/c36-20-25-9-11-26(12-10-25)22-40-24-37-21-31(40)23-41(35(43)27-6-2-1-3-7-27)30-13-14-32-28(18-30)19-33(44-32)34(42)39-17-15-29-8-4-5-16-38-29/h1-14,16,18-19,21,24H,15,17,22-23H2,(H,39,42). The summed E-state index contributed by atoms with van der Waals surface area (Å²) in [6.45, 7) is 1.34. The number of pyridine rings is 1. The number of anilines is 1. The second kappa shape index (κ2) is 13.2. The van der Waals surface area contributed by atoms with Gasteiger partial charge in [-0.1, -0.05) is 36.4 Å². The Labute approximate surface area is 258 Å². The number of carbonyl (C=O) groups is 2. The van der Waals surface area contributed by atoms with Crippen LogP contribution in [0.15, 0.2) is 116 Å². The Balaban J connectivity index is 1.25. The molecule has 0 radical (unpaired) electrons. The van der Waals surface area contributed by atoms with Crippen LogP contribution in [0.1, 0.15) is 42.5 Å². The molecule has 216 valence electrons. The number of aromatic nitrogens is 3. The monoisotopic (exact) mass is 596 g/mol. The Bertz CT molecular complexity index is 1940. The molecule has 0 spiro atoms. The van der Waals surface area contributed by atoms with E-state index in [0.29, 0.717) is 42.1 Å². The third-order valence-corrected chi connectivity index (χ3v) is 8.36. The van der Waals surface area contributed by atoms with Crippen LogP contribution in [0.4, 0.5) is 5.69 Å². The lowest BCUT2D eigenvalue weighted by Crippen LogP contribution is -2.31. The van der Waals surface area contributed by atoms with Gasteiger partial charge in [-0.2, -0.15) is 5.26 Å². The summed E-state index contributed by atoms with van der Waals surface area (Å²) in [6, 6.07) is 32.2. The van der Waals surface area contributed by atoms with Gasteiger partial charge >= 0.3 is 0 Å². The minimum Gasteiger partial charge on any atom is -0.351 e. The average Bonchev–Trinajstić information content (AvgIpc) is 3.71. The van der Waals surface area contributed by atoms with Gasteiger partial charge in [0.15, 0.2) is 0 Å². The van der Waals surface area contributed by atoms with E-state index in [2.05, 4.69) is 21.4 Å². The van der Waals surface area contributed by atoms with E-state index in [1.54, 1.807) is 47.9 Å². The van der Waals surface area contributed by atoms with Crippen molar-refractivity contribution < 1.29 is 9.59 Å². The first-order valence-corrected chi connectivity index (χ1v) is 15.0. The SMILES string of the molecule is N#Cc1ccc(Cn2cncc2CN(C(=O)c2ccccc2)c2ccc3sc(C(=O)NCCc4ccccn4)cc3c2)cc1.